The molecule has 0 saturated heterocycles. The number of rotatable bonds is 7. The first kappa shape index (κ1) is 13.4. The molecule has 2 heteroatoms. The molecule has 1 N–H and O–H groups in total. The van der Waals surface area contributed by atoms with Crippen LogP contribution in [0.4, 0.5) is 0 Å². The molecule has 0 aromatic heterocycles. The van der Waals surface area contributed by atoms with E-state index in [2.05, 4.69) is 31.2 Å². The third kappa shape index (κ3) is 3.45. The fraction of sp³-hybridized carbons (Fsp3) is 1.00. The number of fused-ring (bicyclic) bond motifs is 2. The van der Waals surface area contributed by atoms with Crippen LogP contribution in [0.15, 0.2) is 0 Å². The lowest BCUT2D eigenvalue weighted by molar-refractivity contribution is 0.223. The molecule has 2 rings (SSSR count). The molecule has 2 nitrogen and oxygen atoms in total. The van der Waals surface area contributed by atoms with Gasteiger partial charge in [-0.25, -0.2) is 0 Å². The van der Waals surface area contributed by atoms with Gasteiger partial charge in [-0.15, -0.1) is 0 Å². The van der Waals surface area contributed by atoms with Crippen LogP contribution in [0, 0.1) is 17.8 Å². The molecule has 17 heavy (non-hydrogen) atoms. The molecule has 2 bridgehead atoms. The van der Waals surface area contributed by atoms with Crippen LogP contribution >= 0.6 is 0 Å². The van der Waals surface area contributed by atoms with Crippen molar-refractivity contribution in [3.05, 3.63) is 0 Å². The molecule has 0 aromatic carbocycles. The predicted octanol–water partition coefficient (Wildman–Crippen LogP) is 2.74. The lowest BCUT2D eigenvalue weighted by Gasteiger charge is -2.32. The maximum absolute atomic E-state index is 3.82. The minimum Gasteiger partial charge on any atom is -0.314 e. The lowest BCUT2D eigenvalue weighted by atomic mass is 9.82. The molecule has 4 unspecified atom stereocenters. The maximum atomic E-state index is 3.82. The van der Waals surface area contributed by atoms with Crippen molar-refractivity contribution in [2.45, 2.75) is 51.5 Å². The Kier molecular flexibility index (Phi) is 4.87. The zero-order valence-corrected chi connectivity index (χ0v) is 11.9. The number of nitrogens with zero attached hydrogens (tertiary/aromatic N) is 1. The Balaban J connectivity index is 1.85. The molecule has 2 aliphatic rings. The third-order valence-corrected chi connectivity index (χ3v) is 4.85. The highest BCUT2D eigenvalue weighted by atomic mass is 15.1. The van der Waals surface area contributed by atoms with Crippen molar-refractivity contribution in [2.24, 2.45) is 17.8 Å². The summed E-state index contributed by atoms with van der Waals surface area (Å²) >= 11 is 0. The standard InChI is InChI=1S/C15H30N2/c1-4-8-16-15(7-9-17(2)3)14-11-12-5-6-13(14)10-12/h12-16H,4-11H2,1-3H3. The van der Waals surface area contributed by atoms with Gasteiger partial charge in [0.05, 0.1) is 0 Å². The predicted molar refractivity (Wildman–Crippen MR) is 74.2 cm³/mol. The molecule has 100 valence electrons. The van der Waals surface area contributed by atoms with E-state index in [9.17, 15) is 0 Å². The second-order valence-corrected chi connectivity index (χ2v) is 6.49. The molecule has 0 aliphatic heterocycles. The van der Waals surface area contributed by atoms with E-state index in [0.29, 0.717) is 0 Å². The highest BCUT2D eigenvalue weighted by Gasteiger charge is 2.42. The van der Waals surface area contributed by atoms with Crippen molar-refractivity contribution >= 4 is 0 Å². The molecular formula is C15H30N2. The summed E-state index contributed by atoms with van der Waals surface area (Å²) in [5, 5.41) is 3.82. The molecule has 0 heterocycles. The van der Waals surface area contributed by atoms with Crippen molar-refractivity contribution < 1.29 is 0 Å². The summed E-state index contributed by atoms with van der Waals surface area (Å²) < 4.78 is 0. The minimum absolute atomic E-state index is 0.785. The fourth-order valence-electron chi connectivity index (χ4n) is 3.98. The first-order valence-corrected chi connectivity index (χ1v) is 7.58. The Labute approximate surface area is 107 Å². The van der Waals surface area contributed by atoms with Gasteiger partial charge in [0.2, 0.25) is 0 Å². The van der Waals surface area contributed by atoms with E-state index >= 15 is 0 Å². The Morgan fingerprint density at radius 1 is 1.24 bits per heavy atom. The quantitative estimate of drug-likeness (QED) is 0.733. The smallest absolute Gasteiger partial charge is 0.0110 e. The monoisotopic (exact) mass is 238 g/mol. The van der Waals surface area contributed by atoms with E-state index in [0.717, 1.165) is 23.8 Å². The van der Waals surface area contributed by atoms with Crippen molar-refractivity contribution in [2.75, 3.05) is 27.2 Å². The molecule has 4 atom stereocenters. The molecule has 0 amide bonds. The van der Waals surface area contributed by atoms with Gasteiger partial charge in [0.25, 0.3) is 0 Å². The van der Waals surface area contributed by atoms with Gasteiger partial charge in [-0.05, 0) is 77.0 Å². The normalized spacial score (nSPS) is 33.5. The molecule has 2 aliphatic carbocycles. The number of hydrogen-bond donors (Lipinski definition) is 1. The summed E-state index contributed by atoms with van der Waals surface area (Å²) in [7, 11) is 4.38. The largest absolute Gasteiger partial charge is 0.314 e. The molecule has 0 spiro atoms. The minimum atomic E-state index is 0.785. The van der Waals surface area contributed by atoms with Crippen LogP contribution in [0.25, 0.3) is 0 Å². The summed E-state index contributed by atoms with van der Waals surface area (Å²) in [4.78, 5) is 2.33. The Hall–Kier alpha value is -0.0800. The SMILES string of the molecule is CCCNC(CCN(C)C)C1CC2CCC1C2. The van der Waals surface area contributed by atoms with Crippen LogP contribution in [-0.4, -0.2) is 38.1 Å². The van der Waals surface area contributed by atoms with Gasteiger partial charge in [-0.3, -0.25) is 0 Å². The summed E-state index contributed by atoms with van der Waals surface area (Å²) in [6.45, 7) is 4.71. The summed E-state index contributed by atoms with van der Waals surface area (Å²) in [5.74, 6) is 3.12. The second kappa shape index (κ2) is 6.19. The van der Waals surface area contributed by atoms with E-state index < -0.39 is 0 Å². The number of hydrogen-bond acceptors (Lipinski definition) is 2. The summed E-state index contributed by atoms with van der Waals surface area (Å²) in [5.41, 5.74) is 0. The zero-order valence-electron chi connectivity index (χ0n) is 11.9. The van der Waals surface area contributed by atoms with Crippen LogP contribution in [0.2, 0.25) is 0 Å². The lowest BCUT2D eigenvalue weighted by Crippen LogP contribution is -2.41. The van der Waals surface area contributed by atoms with E-state index in [-0.39, 0.29) is 0 Å². The zero-order chi connectivity index (χ0) is 12.3. The van der Waals surface area contributed by atoms with Crippen LogP contribution in [0.3, 0.4) is 0 Å². The fourth-order valence-corrected chi connectivity index (χ4v) is 3.98. The van der Waals surface area contributed by atoms with Gasteiger partial charge in [0.15, 0.2) is 0 Å². The molecule has 0 aromatic rings. The second-order valence-electron chi connectivity index (χ2n) is 6.49. The first-order chi connectivity index (χ1) is 8.20. The van der Waals surface area contributed by atoms with E-state index in [4.69, 9.17) is 0 Å². The van der Waals surface area contributed by atoms with Gasteiger partial charge in [0, 0.05) is 6.04 Å². The first-order valence-electron chi connectivity index (χ1n) is 7.58. The van der Waals surface area contributed by atoms with Gasteiger partial charge < -0.3 is 10.2 Å². The van der Waals surface area contributed by atoms with E-state index in [1.54, 1.807) is 0 Å². The average Bonchev–Trinajstić information content (AvgIpc) is 2.90. The Morgan fingerprint density at radius 2 is 2.06 bits per heavy atom. The summed E-state index contributed by atoms with van der Waals surface area (Å²) in [6.07, 6.45) is 8.69. The van der Waals surface area contributed by atoms with Crippen LogP contribution in [0.1, 0.15) is 45.4 Å². The number of nitrogens with one attached hydrogen (secondary N) is 1. The van der Waals surface area contributed by atoms with E-state index in [1.807, 2.05) is 0 Å². The Bertz CT molecular complexity index is 227. The highest BCUT2D eigenvalue weighted by Crippen LogP contribution is 2.49. The van der Waals surface area contributed by atoms with Gasteiger partial charge >= 0.3 is 0 Å². The van der Waals surface area contributed by atoms with Gasteiger partial charge in [-0.1, -0.05) is 13.3 Å². The summed E-state index contributed by atoms with van der Waals surface area (Å²) in [6, 6.07) is 0.785. The molecule has 2 fully saturated rings. The average molecular weight is 238 g/mol. The van der Waals surface area contributed by atoms with Gasteiger partial charge in [0.1, 0.15) is 0 Å². The molecule has 0 radical (unpaired) electrons. The van der Waals surface area contributed by atoms with Crippen molar-refractivity contribution in [1.82, 2.24) is 10.2 Å². The topological polar surface area (TPSA) is 15.3 Å². The van der Waals surface area contributed by atoms with Crippen LogP contribution in [0.5, 0.6) is 0 Å². The Morgan fingerprint density at radius 3 is 2.59 bits per heavy atom. The third-order valence-electron chi connectivity index (χ3n) is 4.85. The van der Waals surface area contributed by atoms with Crippen molar-refractivity contribution in [3.8, 4) is 0 Å². The maximum Gasteiger partial charge on any atom is 0.0110 e. The van der Waals surface area contributed by atoms with E-state index in [1.165, 1.54) is 51.6 Å². The van der Waals surface area contributed by atoms with Crippen LogP contribution < -0.4 is 5.32 Å². The van der Waals surface area contributed by atoms with Gasteiger partial charge in [-0.2, -0.15) is 0 Å². The highest BCUT2D eigenvalue weighted by molar-refractivity contribution is 4.95. The molecular weight excluding hydrogens is 208 g/mol. The van der Waals surface area contributed by atoms with Crippen molar-refractivity contribution in [3.63, 3.8) is 0 Å². The molecule has 2 saturated carbocycles. The van der Waals surface area contributed by atoms with Crippen LogP contribution in [-0.2, 0) is 0 Å². The van der Waals surface area contributed by atoms with Crippen molar-refractivity contribution in [1.29, 1.82) is 0 Å².